The first-order valence-corrected chi connectivity index (χ1v) is 6.10. The summed E-state index contributed by atoms with van der Waals surface area (Å²) in [6.07, 6.45) is 6.80. The van der Waals surface area contributed by atoms with Gasteiger partial charge in [-0.2, -0.15) is 0 Å². The van der Waals surface area contributed by atoms with Crippen LogP contribution in [-0.2, 0) is 4.79 Å². The zero-order valence-corrected chi connectivity index (χ0v) is 10.5. The highest BCUT2D eigenvalue weighted by Gasteiger charge is 1.91. The van der Waals surface area contributed by atoms with Crippen molar-refractivity contribution in [3.8, 4) is 0 Å². The monoisotopic (exact) mass is 249 g/mol. The van der Waals surface area contributed by atoms with Crippen LogP contribution in [0.2, 0.25) is 0 Å². The largest absolute Gasteiger partial charge is 0.329 e. The summed E-state index contributed by atoms with van der Waals surface area (Å²) in [5, 5.41) is 2.70. The fourth-order valence-electron chi connectivity index (χ4n) is 1.57. The Bertz CT molecular complexity index is 571. The van der Waals surface area contributed by atoms with Crippen LogP contribution in [0.15, 0.2) is 72.9 Å². The van der Waals surface area contributed by atoms with Crippen LogP contribution in [0, 0.1) is 0 Å². The van der Waals surface area contributed by atoms with E-state index in [-0.39, 0.29) is 5.91 Å². The summed E-state index contributed by atoms with van der Waals surface area (Å²) in [7, 11) is 0. The van der Waals surface area contributed by atoms with Gasteiger partial charge in [0.25, 0.3) is 0 Å². The first-order valence-electron chi connectivity index (χ1n) is 6.10. The van der Waals surface area contributed by atoms with Crippen LogP contribution >= 0.6 is 0 Å². The summed E-state index contributed by atoms with van der Waals surface area (Å²) < 4.78 is 0. The molecule has 2 rings (SSSR count). The normalized spacial score (nSPS) is 10.9. The zero-order chi connectivity index (χ0) is 13.3. The van der Waals surface area contributed by atoms with E-state index in [0.717, 1.165) is 11.1 Å². The van der Waals surface area contributed by atoms with E-state index in [1.807, 2.05) is 66.7 Å². The van der Waals surface area contributed by atoms with Gasteiger partial charge in [-0.05, 0) is 23.3 Å². The standard InChI is InChI=1S/C17H15NO/c19-17(12-11-15-7-3-1-4-8-15)18-14-13-16-9-5-2-6-10-16/h1-14H,(H,18,19). The zero-order valence-electron chi connectivity index (χ0n) is 10.5. The van der Waals surface area contributed by atoms with Crippen LogP contribution in [0.4, 0.5) is 0 Å². The van der Waals surface area contributed by atoms with Crippen LogP contribution in [0.1, 0.15) is 11.1 Å². The summed E-state index contributed by atoms with van der Waals surface area (Å²) in [4.78, 5) is 11.6. The summed E-state index contributed by atoms with van der Waals surface area (Å²) in [5.41, 5.74) is 2.06. The second-order valence-electron chi connectivity index (χ2n) is 4.00. The smallest absolute Gasteiger partial charge is 0.247 e. The van der Waals surface area contributed by atoms with Gasteiger partial charge in [-0.3, -0.25) is 4.79 Å². The molecule has 0 bridgehead atoms. The fraction of sp³-hybridized carbons (Fsp3) is 0. The topological polar surface area (TPSA) is 29.1 Å². The van der Waals surface area contributed by atoms with Crippen molar-refractivity contribution in [3.05, 3.63) is 84.1 Å². The lowest BCUT2D eigenvalue weighted by Gasteiger charge is -1.95. The van der Waals surface area contributed by atoms with E-state index in [9.17, 15) is 4.79 Å². The maximum Gasteiger partial charge on any atom is 0.247 e. The van der Waals surface area contributed by atoms with Crippen molar-refractivity contribution in [1.82, 2.24) is 5.32 Å². The van der Waals surface area contributed by atoms with E-state index in [1.54, 1.807) is 12.3 Å². The molecule has 19 heavy (non-hydrogen) atoms. The molecule has 2 heteroatoms. The third-order valence-corrected chi connectivity index (χ3v) is 2.53. The molecule has 2 aromatic carbocycles. The molecule has 1 amide bonds. The number of carbonyl (C=O) groups is 1. The Morgan fingerprint density at radius 2 is 1.32 bits per heavy atom. The van der Waals surface area contributed by atoms with E-state index in [0.29, 0.717) is 0 Å². The van der Waals surface area contributed by atoms with E-state index >= 15 is 0 Å². The SMILES string of the molecule is O=C(C=Cc1ccccc1)NC=Cc1ccccc1. The molecule has 0 unspecified atom stereocenters. The minimum atomic E-state index is -0.143. The minimum Gasteiger partial charge on any atom is -0.329 e. The van der Waals surface area contributed by atoms with Gasteiger partial charge in [-0.1, -0.05) is 60.7 Å². The van der Waals surface area contributed by atoms with E-state index in [4.69, 9.17) is 0 Å². The molecule has 0 fully saturated rings. The Balaban J connectivity index is 1.85. The van der Waals surface area contributed by atoms with Gasteiger partial charge in [0.2, 0.25) is 5.91 Å². The Labute approximate surface area is 113 Å². The van der Waals surface area contributed by atoms with Crippen LogP contribution in [0.25, 0.3) is 12.2 Å². The van der Waals surface area contributed by atoms with Crippen LogP contribution in [0.5, 0.6) is 0 Å². The van der Waals surface area contributed by atoms with Gasteiger partial charge in [0.05, 0.1) is 0 Å². The molecule has 0 radical (unpaired) electrons. The maximum atomic E-state index is 11.6. The van der Waals surface area contributed by atoms with Crippen LogP contribution in [-0.4, -0.2) is 5.91 Å². The number of carbonyl (C=O) groups excluding carboxylic acids is 1. The number of nitrogens with one attached hydrogen (secondary N) is 1. The highest BCUT2D eigenvalue weighted by atomic mass is 16.1. The van der Waals surface area contributed by atoms with Crippen molar-refractivity contribution in [2.45, 2.75) is 0 Å². The quantitative estimate of drug-likeness (QED) is 0.826. The molecule has 2 aromatic rings. The van der Waals surface area contributed by atoms with Crippen LogP contribution in [0.3, 0.4) is 0 Å². The summed E-state index contributed by atoms with van der Waals surface area (Å²) >= 11 is 0. The van der Waals surface area contributed by atoms with Gasteiger partial charge in [-0.25, -0.2) is 0 Å². The molecular formula is C17H15NO. The molecule has 2 nitrogen and oxygen atoms in total. The van der Waals surface area contributed by atoms with Crippen LogP contribution < -0.4 is 5.32 Å². The first kappa shape index (κ1) is 12.8. The highest BCUT2D eigenvalue weighted by Crippen LogP contribution is 2.01. The van der Waals surface area contributed by atoms with Crippen molar-refractivity contribution in [1.29, 1.82) is 0 Å². The summed E-state index contributed by atoms with van der Waals surface area (Å²) in [5.74, 6) is -0.143. The lowest BCUT2D eigenvalue weighted by atomic mass is 10.2. The molecular weight excluding hydrogens is 234 g/mol. The lowest BCUT2D eigenvalue weighted by Crippen LogP contribution is -2.12. The molecule has 0 saturated carbocycles. The van der Waals surface area contributed by atoms with Crippen molar-refractivity contribution >= 4 is 18.1 Å². The average Bonchev–Trinajstić information content (AvgIpc) is 2.47. The van der Waals surface area contributed by atoms with E-state index < -0.39 is 0 Å². The first-order chi connectivity index (χ1) is 9.34. The number of hydrogen-bond donors (Lipinski definition) is 1. The van der Waals surface area contributed by atoms with Crippen molar-refractivity contribution in [3.63, 3.8) is 0 Å². The van der Waals surface area contributed by atoms with Crippen molar-refractivity contribution in [2.75, 3.05) is 0 Å². The Kier molecular flexibility index (Phi) is 4.71. The minimum absolute atomic E-state index is 0.143. The second kappa shape index (κ2) is 6.97. The van der Waals surface area contributed by atoms with Gasteiger partial charge in [0.15, 0.2) is 0 Å². The predicted molar refractivity (Wildman–Crippen MR) is 79.1 cm³/mol. The molecule has 1 N–H and O–H groups in total. The number of amides is 1. The average molecular weight is 249 g/mol. The van der Waals surface area contributed by atoms with Crippen molar-refractivity contribution < 1.29 is 4.79 Å². The molecule has 0 aliphatic heterocycles. The Hall–Kier alpha value is -2.61. The molecule has 0 aliphatic carbocycles. The molecule has 0 saturated heterocycles. The number of rotatable bonds is 4. The number of hydrogen-bond acceptors (Lipinski definition) is 1. The molecule has 0 spiro atoms. The molecule has 94 valence electrons. The molecule has 0 atom stereocenters. The predicted octanol–water partition coefficient (Wildman–Crippen LogP) is 3.49. The number of benzene rings is 2. The van der Waals surface area contributed by atoms with Gasteiger partial charge < -0.3 is 5.32 Å². The second-order valence-corrected chi connectivity index (χ2v) is 4.00. The Morgan fingerprint density at radius 3 is 1.89 bits per heavy atom. The fourth-order valence-corrected chi connectivity index (χ4v) is 1.57. The maximum absolute atomic E-state index is 11.6. The summed E-state index contributed by atoms with van der Waals surface area (Å²) in [6.45, 7) is 0. The van der Waals surface area contributed by atoms with E-state index in [2.05, 4.69) is 5.32 Å². The summed E-state index contributed by atoms with van der Waals surface area (Å²) in [6, 6.07) is 19.5. The van der Waals surface area contributed by atoms with Gasteiger partial charge in [0, 0.05) is 12.3 Å². The Morgan fingerprint density at radius 1 is 0.789 bits per heavy atom. The third-order valence-electron chi connectivity index (χ3n) is 2.53. The molecule has 0 aliphatic rings. The third kappa shape index (κ3) is 4.64. The van der Waals surface area contributed by atoms with Crippen molar-refractivity contribution in [2.24, 2.45) is 0 Å². The molecule has 0 heterocycles. The lowest BCUT2D eigenvalue weighted by molar-refractivity contribution is -0.115. The van der Waals surface area contributed by atoms with Gasteiger partial charge in [0.1, 0.15) is 0 Å². The highest BCUT2D eigenvalue weighted by molar-refractivity contribution is 5.92. The van der Waals surface area contributed by atoms with E-state index in [1.165, 1.54) is 6.08 Å². The van der Waals surface area contributed by atoms with Gasteiger partial charge in [-0.15, -0.1) is 0 Å². The molecule has 0 aromatic heterocycles. The van der Waals surface area contributed by atoms with Gasteiger partial charge >= 0.3 is 0 Å².